The molecule has 1 aromatic heterocycles. The van der Waals surface area contributed by atoms with E-state index in [-0.39, 0.29) is 23.3 Å². The van der Waals surface area contributed by atoms with E-state index in [0.29, 0.717) is 49.0 Å². The number of nitrogens with zero attached hydrogens (tertiary/aromatic N) is 2. The van der Waals surface area contributed by atoms with Gasteiger partial charge in [0.15, 0.2) is 0 Å². The molecular formula is C23H23FN4O4. The van der Waals surface area contributed by atoms with Gasteiger partial charge in [-0.05, 0) is 62.1 Å². The number of aryl methyl sites for hydroxylation is 1. The molecule has 0 aliphatic carbocycles. The predicted molar refractivity (Wildman–Crippen MR) is 117 cm³/mol. The van der Waals surface area contributed by atoms with E-state index in [2.05, 4.69) is 10.3 Å². The van der Waals surface area contributed by atoms with Crippen molar-refractivity contribution in [3.8, 4) is 0 Å². The molecule has 8 nitrogen and oxygen atoms in total. The van der Waals surface area contributed by atoms with Gasteiger partial charge in [0.05, 0.1) is 4.92 Å². The quantitative estimate of drug-likeness (QED) is 0.454. The summed E-state index contributed by atoms with van der Waals surface area (Å²) in [6.07, 6.45) is 3.65. The molecule has 0 saturated carbocycles. The lowest BCUT2D eigenvalue weighted by atomic mass is 10.1. The Labute approximate surface area is 183 Å². The van der Waals surface area contributed by atoms with E-state index in [0.717, 1.165) is 10.9 Å². The lowest BCUT2D eigenvalue weighted by molar-refractivity contribution is -0.385. The first kappa shape index (κ1) is 21.5. The highest BCUT2D eigenvalue weighted by Crippen LogP contribution is 2.24. The maximum Gasteiger partial charge on any atom is 0.272 e. The van der Waals surface area contributed by atoms with Crippen molar-refractivity contribution in [2.24, 2.45) is 0 Å². The summed E-state index contributed by atoms with van der Waals surface area (Å²) in [5.41, 5.74) is 2.37. The fourth-order valence-corrected chi connectivity index (χ4v) is 4.25. The number of carbonyl (C=O) groups excluding carboxylic acids is 2. The maximum absolute atomic E-state index is 13.3. The van der Waals surface area contributed by atoms with Gasteiger partial charge < -0.3 is 15.2 Å². The van der Waals surface area contributed by atoms with Crippen molar-refractivity contribution < 1.29 is 18.9 Å². The zero-order chi connectivity index (χ0) is 22.8. The number of nitro benzene ring substituents is 1. The van der Waals surface area contributed by atoms with Crippen molar-refractivity contribution in [3.05, 3.63) is 75.2 Å². The first-order chi connectivity index (χ1) is 15.3. The van der Waals surface area contributed by atoms with Crippen LogP contribution in [0, 0.1) is 22.9 Å². The maximum atomic E-state index is 13.3. The Hall–Kier alpha value is -3.75. The van der Waals surface area contributed by atoms with Gasteiger partial charge in [0.25, 0.3) is 11.6 Å². The third-order valence-corrected chi connectivity index (χ3v) is 5.88. The predicted octanol–water partition coefficient (Wildman–Crippen LogP) is 3.49. The average molecular weight is 438 g/mol. The van der Waals surface area contributed by atoms with Crippen molar-refractivity contribution in [2.75, 3.05) is 13.1 Å². The van der Waals surface area contributed by atoms with Crippen molar-refractivity contribution in [1.82, 2.24) is 15.2 Å². The molecule has 1 fully saturated rings. The second-order valence-corrected chi connectivity index (χ2v) is 7.96. The third-order valence-electron chi connectivity index (χ3n) is 5.88. The summed E-state index contributed by atoms with van der Waals surface area (Å²) in [5.74, 6) is -0.840. The molecule has 1 aliphatic rings. The number of amides is 2. The van der Waals surface area contributed by atoms with Gasteiger partial charge in [-0.25, -0.2) is 4.39 Å². The zero-order valence-corrected chi connectivity index (χ0v) is 17.6. The summed E-state index contributed by atoms with van der Waals surface area (Å²) in [6, 6.07) is 8.21. The lowest BCUT2D eigenvalue weighted by Crippen LogP contribution is -2.46. The van der Waals surface area contributed by atoms with E-state index in [1.807, 2.05) is 0 Å². The van der Waals surface area contributed by atoms with Crippen LogP contribution in [0.3, 0.4) is 0 Å². The number of nitro groups is 1. The minimum atomic E-state index is -0.574. The highest BCUT2D eigenvalue weighted by Gasteiger charge is 2.34. The number of rotatable bonds is 6. The molecule has 1 unspecified atom stereocenters. The topological polar surface area (TPSA) is 108 Å². The molecule has 0 radical (unpaired) electrons. The van der Waals surface area contributed by atoms with Gasteiger partial charge in [-0.1, -0.05) is 0 Å². The van der Waals surface area contributed by atoms with Crippen LogP contribution in [0.25, 0.3) is 10.9 Å². The molecule has 166 valence electrons. The minimum Gasteiger partial charge on any atom is -0.361 e. The monoisotopic (exact) mass is 438 g/mol. The van der Waals surface area contributed by atoms with Crippen LogP contribution in [-0.4, -0.2) is 45.8 Å². The van der Waals surface area contributed by atoms with E-state index in [9.17, 15) is 24.1 Å². The standard InChI is InChI=1S/C23H23FN4O4/c1-14-11-15(4-7-20(14)28(31)32)23(30)27-10-2-3-21(27)22(29)25-9-8-16-13-26-19-12-17(24)5-6-18(16)19/h4-7,11-13,21,26H,2-3,8-10H2,1H3,(H,25,29). The SMILES string of the molecule is Cc1cc(C(=O)N2CCCC2C(=O)NCCc2c[nH]c3cc(F)ccc23)ccc1[N+](=O)[O-]. The normalized spacial score (nSPS) is 15.8. The summed E-state index contributed by atoms with van der Waals surface area (Å²) in [6.45, 7) is 2.43. The van der Waals surface area contributed by atoms with Gasteiger partial charge in [0, 0.05) is 47.4 Å². The van der Waals surface area contributed by atoms with Crippen LogP contribution in [0.5, 0.6) is 0 Å². The van der Waals surface area contributed by atoms with Gasteiger partial charge in [-0.2, -0.15) is 0 Å². The first-order valence-corrected chi connectivity index (χ1v) is 10.4. The number of likely N-dealkylation sites (tertiary alicyclic amines) is 1. The Bertz CT molecular complexity index is 1210. The molecule has 0 bridgehead atoms. The van der Waals surface area contributed by atoms with E-state index >= 15 is 0 Å². The van der Waals surface area contributed by atoms with Crippen molar-refractivity contribution >= 4 is 28.4 Å². The number of aromatic amines is 1. The van der Waals surface area contributed by atoms with E-state index < -0.39 is 11.0 Å². The number of carbonyl (C=O) groups is 2. The summed E-state index contributed by atoms with van der Waals surface area (Å²) < 4.78 is 13.3. The summed E-state index contributed by atoms with van der Waals surface area (Å²) in [7, 11) is 0. The average Bonchev–Trinajstić information content (AvgIpc) is 3.40. The summed E-state index contributed by atoms with van der Waals surface area (Å²) in [5, 5.41) is 14.8. The molecular weight excluding hydrogens is 415 g/mol. The number of H-pyrrole nitrogens is 1. The molecule has 1 aliphatic heterocycles. The minimum absolute atomic E-state index is 0.0442. The van der Waals surface area contributed by atoms with Crippen LogP contribution in [-0.2, 0) is 11.2 Å². The Morgan fingerprint density at radius 2 is 2.09 bits per heavy atom. The van der Waals surface area contributed by atoms with E-state index in [1.165, 1.54) is 35.2 Å². The molecule has 2 N–H and O–H groups in total. The van der Waals surface area contributed by atoms with Crippen molar-refractivity contribution in [2.45, 2.75) is 32.2 Å². The molecule has 4 rings (SSSR count). The van der Waals surface area contributed by atoms with Crippen LogP contribution in [0.15, 0.2) is 42.6 Å². The molecule has 1 atom stereocenters. The van der Waals surface area contributed by atoms with Gasteiger partial charge in [0.1, 0.15) is 11.9 Å². The fraction of sp³-hybridized carbons (Fsp3) is 0.304. The number of hydrogen-bond donors (Lipinski definition) is 2. The Balaban J connectivity index is 1.39. The lowest BCUT2D eigenvalue weighted by Gasteiger charge is -2.24. The number of benzene rings is 2. The number of nitrogens with one attached hydrogen (secondary N) is 2. The highest BCUT2D eigenvalue weighted by atomic mass is 19.1. The zero-order valence-electron chi connectivity index (χ0n) is 17.6. The van der Waals surface area contributed by atoms with Gasteiger partial charge in [-0.15, -0.1) is 0 Å². The molecule has 32 heavy (non-hydrogen) atoms. The molecule has 9 heteroatoms. The summed E-state index contributed by atoms with van der Waals surface area (Å²) >= 11 is 0. The first-order valence-electron chi connectivity index (χ1n) is 10.4. The van der Waals surface area contributed by atoms with Crippen LogP contribution >= 0.6 is 0 Å². The van der Waals surface area contributed by atoms with Crippen molar-refractivity contribution in [1.29, 1.82) is 0 Å². The Morgan fingerprint density at radius 3 is 2.84 bits per heavy atom. The van der Waals surface area contributed by atoms with E-state index in [4.69, 9.17) is 0 Å². The van der Waals surface area contributed by atoms with E-state index in [1.54, 1.807) is 19.2 Å². The third kappa shape index (κ3) is 4.18. The Morgan fingerprint density at radius 1 is 1.28 bits per heavy atom. The highest BCUT2D eigenvalue weighted by molar-refractivity contribution is 5.98. The Kier molecular flexibility index (Phi) is 5.89. The molecule has 2 aromatic carbocycles. The smallest absolute Gasteiger partial charge is 0.272 e. The van der Waals surface area contributed by atoms with Gasteiger partial charge in [-0.3, -0.25) is 19.7 Å². The largest absolute Gasteiger partial charge is 0.361 e. The van der Waals surface area contributed by atoms with Crippen LogP contribution in [0.1, 0.15) is 34.3 Å². The van der Waals surface area contributed by atoms with Gasteiger partial charge >= 0.3 is 0 Å². The van der Waals surface area contributed by atoms with Crippen LogP contribution in [0.4, 0.5) is 10.1 Å². The van der Waals surface area contributed by atoms with Crippen LogP contribution < -0.4 is 5.32 Å². The molecule has 2 heterocycles. The number of aromatic nitrogens is 1. The number of hydrogen-bond acceptors (Lipinski definition) is 4. The number of halogens is 1. The van der Waals surface area contributed by atoms with Crippen molar-refractivity contribution in [3.63, 3.8) is 0 Å². The molecule has 0 spiro atoms. The molecule has 3 aromatic rings. The second kappa shape index (κ2) is 8.78. The van der Waals surface area contributed by atoms with Gasteiger partial charge in [0.2, 0.25) is 5.91 Å². The molecule has 2 amide bonds. The molecule has 1 saturated heterocycles. The summed E-state index contributed by atoms with van der Waals surface area (Å²) in [4.78, 5) is 40.8. The second-order valence-electron chi connectivity index (χ2n) is 7.96. The fourth-order valence-electron chi connectivity index (χ4n) is 4.25. The van der Waals surface area contributed by atoms with Crippen LogP contribution in [0.2, 0.25) is 0 Å². The number of fused-ring (bicyclic) bond motifs is 1.